The minimum Gasteiger partial charge on any atom is -0.359 e. The zero-order valence-electron chi connectivity index (χ0n) is 4.78. The normalized spacial score (nSPS) is 7.62. The van der Waals surface area contributed by atoms with E-state index in [4.69, 9.17) is 5.73 Å². The molecular weight excluding hydrogens is 166 g/mol. The summed E-state index contributed by atoms with van der Waals surface area (Å²) in [4.78, 5) is 0. The molecule has 0 atom stereocenters. The van der Waals surface area contributed by atoms with E-state index in [2.05, 4.69) is 27.9 Å². The van der Waals surface area contributed by atoms with Gasteiger partial charge in [-0.15, -0.1) is 0 Å². The molecule has 8 heavy (non-hydrogen) atoms. The van der Waals surface area contributed by atoms with Crippen molar-refractivity contribution in [1.82, 2.24) is 0 Å². The molecule has 0 rings (SSSR count). The zero-order chi connectivity index (χ0) is 6.24. The van der Waals surface area contributed by atoms with Crippen molar-refractivity contribution >= 4 is 15.9 Å². The molecule has 0 aromatic heterocycles. The summed E-state index contributed by atoms with van der Waals surface area (Å²) in [6, 6.07) is 2.36. The maximum absolute atomic E-state index is 4.94. The molecule has 0 spiro atoms. The third-order valence-electron chi connectivity index (χ3n) is 0.787. The summed E-state index contributed by atoms with van der Waals surface area (Å²) in [5, 5.41) is 1.07. The molecule has 46 valence electrons. The lowest BCUT2D eigenvalue weighted by atomic mass is 10.3. The van der Waals surface area contributed by atoms with E-state index in [-0.39, 0.29) is 0 Å². The van der Waals surface area contributed by atoms with Gasteiger partial charge in [0.15, 0.2) is 0 Å². The van der Waals surface area contributed by atoms with Crippen LogP contribution in [-0.4, -0.2) is 5.33 Å². The molecule has 0 radical (unpaired) electrons. The van der Waals surface area contributed by atoms with E-state index in [1.807, 2.05) is 0 Å². The highest BCUT2D eigenvalue weighted by atomic mass is 79.9. The predicted octanol–water partition coefficient (Wildman–Crippen LogP) is 1.47. The van der Waals surface area contributed by atoms with Crippen LogP contribution in [0.25, 0.3) is 0 Å². The van der Waals surface area contributed by atoms with Crippen molar-refractivity contribution in [3.63, 3.8) is 0 Å². The summed E-state index contributed by atoms with van der Waals surface area (Å²) < 4.78 is 0. The largest absolute Gasteiger partial charge is 0.359 e. The molecule has 0 heterocycles. The Morgan fingerprint density at radius 2 is 2.12 bits per heavy atom. The van der Waals surface area contributed by atoms with E-state index in [9.17, 15) is 0 Å². The number of hydrogen-bond donors (Lipinski definition) is 1. The van der Waals surface area contributed by atoms with Crippen LogP contribution < -0.4 is 5.73 Å². The first-order valence-corrected chi connectivity index (χ1v) is 3.78. The van der Waals surface area contributed by atoms with Gasteiger partial charge in [-0.05, 0) is 12.8 Å². The monoisotopic (exact) mass is 175 g/mol. The van der Waals surface area contributed by atoms with Gasteiger partial charge in [0.2, 0.25) is 0 Å². The van der Waals surface area contributed by atoms with Crippen LogP contribution in [0.1, 0.15) is 19.3 Å². The smallest absolute Gasteiger partial charge is 0.0107 e. The summed E-state index contributed by atoms with van der Waals surface area (Å²) >= 11 is 3.32. The maximum Gasteiger partial charge on any atom is 0.0107 e. The highest BCUT2D eigenvalue weighted by Crippen LogP contribution is 1.95. The topological polar surface area (TPSA) is 26.0 Å². The van der Waals surface area contributed by atoms with Gasteiger partial charge < -0.3 is 5.73 Å². The lowest BCUT2D eigenvalue weighted by molar-refractivity contribution is 0.840. The average Bonchev–Trinajstić information content (AvgIpc) is 1.81. The van der Waals surface area contributed by atoms with E-state index >= 15 is 0 Å². The van der Waals surface area contributed by atoms with Crippen molar-refractivity contribution in [1.29, 1.82) is 0 Å². The molecule has 0 aromatic rings. The molecular formula is C6H10BrN. The number of hydrogen-bond acceptors (Lipinski definition) is 1. The second-order valence-corrected chi connectivity index (χ2v) is 2.26. The molecule has 0 aliphatic rings. The van der Waals surface area contributed by atoms with Crippen LogP contribution >= 0.6 is 15.9 Å². The molecule has 0 bridgehead atoms. The fraction of sp³-hybridized carbons (Fsp3) is 0.667. The zero-order valence-corrected chi connectivity index (χ0v) is 6.37. The van der Waals surface area contributed by atoms with Crippen molar-refractivity contribution in [3.8, 4) is 12.0 Å². The van der Waals surface area contributed by atoms with Crippen molar-refractivity contribution in [3.05, 3.63) is 0 Å². The number of alkyl halides is 1. The molecule has 1 nitrogen and oxygen atoms in total. The minimum absolute atomic E-state index is 0.933. The maximum atomic E-state index is 4.94. The molecule has 0 saturated heterocycles. The Morgan fingerprint density at radius 1 is 1.38 bits per heavy atom. The summed E-state index contributed by atoms with van der Waals surface area (Å²) in [6.45, 7) is 0. The second kappa shape index (κ2) is 6.84. The predicted molar refractivity (Wildman–Crippen MR) is 39.6 cm³/mol. The van der Waals surface area contributed by atoms with Crippen molar-refractivity contribution in [2.24, 2.45) is 5.73 Å². The second-order valence-electron chi connectivity index (χ2n) is 1.47. The Hall–Kier alpha value is -0.160. The molecule has 2 N–H and O–H groups in total. The third-order valence-corrected chi connectivity index (χ3v) is 1.35. The summed E-state index contributed by atoms with van der Waals surface area (Å²) in [7, 11) is 0. The van der Waals surface area contributed by atoms with Gasteiger partial charge in [0, 0.05) is 17.8 Å². The molecule has 0 saturated carbocycles. The van der Waals surface area contributed by atoms with Gasteiger partial charge in [-0.2, -0.15) is 0 Å². The lowest BCUT2D eigenvalue weighted by Crippen LogP contribution is -1.78. The van der Waals surface area contributed by atoms with E-state index in [0.29, 0.717) is 0 Å². The van der Waals surface area contributed by atoms with Crippen molar-refractivity contribution < 1.29 is 0 Å². The number of unbranched alkanes of at least 4 members (excludes halogenated alkanes) is 2. The highest BCUT2D eigenvalue weighted by Gasteiger charge is 1.79. The van der Waals surface area contributed by atoms with Gasteiger partial charge in [0.25, 0.3) is 0 Å². The number of halogens is 1. The van der Waals surface area contributed by atoms with Gasteiger partial charge in [0.05, 0.1) is 0 Å². The highest BCUT2D eigenvalue weighted by molar-refractivity contribution is 9.09. The van der Waals surface area contributed by atoms with Crippen LogP contribution in [0.2, 0.25) is 0 Å². The van der Waals surface area contributed by atoms with Crippen LogP contribution in [0.4, 0.5) is 0 Å². The Kier molecular flexibility index (Phi) is 6.70. The first kappa shape index (κ1) is 7.84. The molecule has 0 unspecified atom stereocenters. The van der Waals surface area contributed by atoms with Crippen molar-refractivity contribution in [2.75, 3.05) is 5.33 Å². The van der Waals surface area contributed by atoms with Crippen molar-refractivity contribution in [2.45, 2.75) is 19.3 Å². The lowest BCUT2D eigenvalue weighted by Gasteiger charge is -1.85. The molecule has 0 amide bonds. The van der Waals surface area contributed by atoms with Gasteiger partial charge in [-0.1, -0.05) is 21.9 Å². The molecule has 2 heteroatoms. The average molecular weight is 176 g/mol. The van der Waals surface area contributed by atoms with Gasteiger partial charge in [-0.3, -0.25) is 0 Å². The first-order valence-electron chi connectivity index (χ1n) is 2.66. The number of nitrogens with two attached hydrogens (primary N) is 1. The van der Waals surface area contributed by atoms with Crippen LogP contribution in [0, 0.1) is 12.0 Å². The fourth-order valence-corrected chi connectivity index (χ4v) is 0.777. The Labute approximate surface area is 58.8 Å². The van der Waals surface area contributed by atoms with Crippen LogP contribution in [-0.2, 0) is 0 Å². The summed E-state index contributed by atoms with van der Waals surface area (Å²) in [5.74, 6) is 2.79. The summed E-state index contributed by atoms with van der Waals surface area (Å²) in [5.41, 5.74) is 4.94. The standard InChI is InChI=1S/C6H10BrN/c7-5-3-1-2-4-6-8/h1-3,5,8H2. The molecule has 0 aliphatic heterocycles. The quantitative estimate of drug-likeness (QED) is 0.299. The SMILES string of the molecule is NC#CCCCCBr. The van der Waals surface area contributed by atoms with E-state index in [0.717, 1.165) is 18.2 Å². The Balaban J connectivity index is 2.79. The van der Waals surface area contributed by atoms with Gasteiger partial charge >= 0.3 is 0 Å². The van der Waals surface area contributed by atoms with Crippen LogP contribution in [0.15, 0.2) is 0 Å². The van der Waals surface area contributed by atoms with E-state index in [1.165, 1.54) is 6.42 Å². The minimum atomic E-state index is 0.933. The first-order chi connectivity index (χ1) is 3.91. The van der Waals surface area contributed by atoms with Gasteiger partial charge in [-0.25, -0.2) is 0 Å². The van der Waals surface area contributed by atoms with E-state index in [1.54, 1.807) is 0 Å². The molecule has 0 aliphatic carbocycles. The Morgan fingerprint density at radius 3 is 2.62 bits per heavy atom. The molecule has 0 fully saturated rings. The van der Waals surface area contributed by atoms with Crippen LogP contribution in [0.5, 0.6) is 0 Å². The fourth-order valence-electron chi connectivity index (χ4n) is 0.380. The number of rotatable bonds is 3. The van der Waals surface area contributed by atoms with E-state index < -0.39 is 0 Å². The third kappa shape index (κ3) is 5.84. The van der Waals surface area contributed by atoms with Crippen LogP contribution in [0.3, 0.4) is 0 Å². The summed E-state index contributed by atoms with van der Waals surface area (Å²) in [6.07, 6.45) is 3.27. The Bertz CT molecular complexity index is 90.4. The van der Waals surface area contributed by atoms with Gasteiger partial charge in [0.1, 0.15) is 0 Å². The molecule has 0 aromatic carbocycles.